The first-order chi connectivity index (χ1) is 17.7. The number of alkyl halides is 3. The number of halogens is 3. The Balaban J connectivity index is 1.33. The van der Waals surface area contributed by atoms with E-state index in [2.05, 4.69) is 20.4 Å². The topological polar surface area (TPSA) is 87.0 Å². The number of furan rings is 1. The Kier molecular flexibility index (Phi) is 8.02. The van der Waals surface area contributed by atoms with Gasteiger partial charge < -0.3 is 24.7 Å². The van der Waals surface area contributed by atoms with Crippen LogP contribution in [0.25, 0.3) is 0 Å². The molecule has 1 saturated heterocycles. The predicted molar refractivity (Wildman–Crippen MR) is 131 cm³/mol. The summed E-state index contributed by atoms with van der Waals surface area (Å²) >= 11 is 0. The molecule has 1 unspecified atom stereocenters. The third-order valence-electron chi connectivity index (χ3n) is 6.20. The zero-order valence-corrected chi connectivity index (χ0v) is 20.1. The lowest BCUT2D eigenvalue weighted by molar-refractivity contribution is -0.137. The summed E-state index contributed by atoms with van der Waals surface area (Å²) < 4.78 is 49.0. The fourth-order valence-corrected chi connectivity index (χ4v) is 4.18. The highest BCUT2D eigenvalue weighted by Gasteiger charge is 2.30. The molecular formula is C26H27F3N4O4. The van der Waals surface area contributed by atoms with E-state index in [1.165, 1.54) is 0 Å². The average molecular weight is 517 g/mol. The van der Waals surface area contributed by atoms with Crippen molar-refractivity contribution in [2.75, 3.05) is 50.1 Å². The molecule has 1 aliphatic rings. The van der Waals surface area contributed by atoms with Gasteiger partial charge in [0.1, 0.15) is 11.5 Å². The van der Waals surface area contributed by atoms with Gasteiger partial charge in [-0.1, -0.05) is 0 Å². The van der Waals surface area contributed by atoms with Gasteiger partial charge in [0.2, 0.25) is 0 Å². The molecule has 11 heteroatoms. The van der Waals surface area contributed by atoms with Gasteiger partial charge in [0, 0.05) is 44.1 Å². The summed E-state index contributed by atoms with van der Waals surface area (Å²) in [6, 6.07) is 15.0. The number of anilines is 2. The van der Waals surface area contributed by atoms with E-state index in [0.717, 1.165) is 48.8 Å². The zero-order chi connectivity index (χ0) is 26.4. The number of hydrogen-bond donors (Lipinski definition) is 2. The Morgan fingerprint density at radius 2 is 1.65 bits per heavy atom. The molecule has 0 spiro atoms. The monoisotopic (exact) mass is 516 g/mol. The van der Waals surface area contributed by atoms with E-state index >= 15 is 0 Å². The van der Waals surface area contributed by atoms with Crippen molar-refractivity contribution >= 4 is 23.2 Å². The van der Waals surface area contributed by atoms with Crippen molar-refractivity contribution in [1.29, 1.82) is 0 Å². The quantitative estimate of drug-likeness (QED) is 0.463. The van der Waals surface area contributed by atoms with Crippen molar-refractivity contribution in [3.8, 4) is 5.75 Å². The van der Waals surface area contributed by atoms with Crippen LogP contribution in [0.4, 0.5) is 24.5 Å². The smallest absolute Gasteiger partial charge is 0.416 e. The van der Waals surface area contributed by atoms with Gasteiger partial charge in [0.15, 0.2) is 0 Å². The van der Waals surface area contributed by atoms with Crippen LogP contribution >= 0.6 is 0 Å². The van der Waals surface area contributed by atoms with Gasteiger partial charge in [-0.3, -0.25) is 14.5 Å². The fourth-order valence-electron chi connectivity index (χ4n) is 4.18. The van der Waals surface area contributed by atoms with E-state index in [1.54, 1.807) is 19.4 Å². The number of nitrogens with zero attached hydrogens (tertiary/aromatic N) is 2. The number of ether oxygens (including phenoxy) is 1. The van der Waals surface area contributed by atoms with Crippen LogP contribution in [0.2, 0.25) is 0 Å². The lowest BCUT2D eigenvalue weighted by Crippen LogP contribution is -2.50. The second-order valence-electron chi connectivity index (χ2n) is 8.49. The van der Waals surface area contributed by atoms with Gasteiger partial charge in [0.05, 0.1) is 25.0 Å². The summed E-state index contributed by atoms with van der Waals surface area (Å²) in [4.78, 5) is 29.2. The molecular weight excluding hydrogens is 489 g/mol. The Labute approximate surface area is 212 Å². The largest absolute Gasteiger partial charge is 0.497 e. The number of carbonyl (C=O) groups excluding carboxylic acids is 2. The number of rotatable bonds is 7. The summed E-state index contributed by atoms with van der Waals surface area (Å²) in [6.07, 6.45) is -2.93. The van der Waals surface area contributed by atoms with Crippen LogP contribution in [-0.4, -0.2) is 56.5 Å². The molecule has 0 radical (unpaired) electrons. The summed E-state index contributed by atoms with van der Waals surface area (Å²) in [5.41, 5.74) is 0.331. The molecule has 37 heavy (non-hydrogen) atoms. The molecule has 1 atom stereocenters. The number of nitrogens with one attached hydrogen (secondary N) is 2. The molecule has 1 aliphatic heterocycles. The number of hydrogen-bond acceptors (Lipinski definition) is 6. The molecule has 4 rings (SSSR count). The van der Waals surface area contributed by atoms with Gasteiger partial charge in [-0.05, 0) is 60.7 Å². The highest BCUT2D eigenvalue weighted by molar-refractivity contribution is 6.39. The lowest BCUT2D eigenvalue weighted by atomic mass is 10.1. The van der Waals surface area contributed by atoms with Crippen LogP contribution in [0.1, 0.15) is 17.4 Å². The first-order valence-corrected chi connectivity index (χ1v) is 11.7. The Morgan fingerprint density at radius 1 is 0.973 bits per heavy atom. The molecule has 1 aromatic heterocycles. The van der Waals surface area contributed by atoms with E-state index in [9.17, 15) is 22.8 Å². The van der Waals surface area contributed by atoms with Crippen molar-refractivity contribution in [3.63, 3.8) is 0 Å². The molecule has 8 nitrogen and oxygen atoms in total. The second kappa shape index (κ2) is 11.4. The minimum atomic E-state index is -4.49. The summed E-state index contributed by atoms with van der Waals surface area (Å²) in [5, 5.41) is 4.94. The Hall–Kier alpha value is -3.99. The minimum Gasteiger partial charge on any atom is -0.497 e. The number of methoxy groups -OCH3 is 1. The molecule has 1 fully saturated rings. The molecule has 2 amide bonds. The molecule has 2 aromatic carbocycles. The first-order valence-electron chi connectivity index (χ1n) is 11.7. The molecule has 2 heterocycles. The highest BCUT2D eigenvalue weighted by Crippen LogP contribution is 2.30. The van der Waals surface area contributed by atoms with E-state index < -0.39 is 23.6 Å². The van der Waals surface area contributed by atoms with Crippen LogP contribution < -0.4 is 20.3 Å². The molecule has 0 bridgehead atoms. The molecule has 0 saturated carbocycles. The van der Waals surface area contributed by atoms with Crippen LogP contribution in [-0.2, 0) is 15.8 Å². The Morgan fingerprint density at radius 3 is 2.22 bits per heavy atom. The summed E-state index contributed by atoms with van der Waals surface area (Å²) in [6.45, 7) is 3.03. The third-order valence-corrected chi connectivity index (χ3v) is 6.20. The minimum absolute atomic E-state index is 0.0883. The fraction of sp³-hybridized carbons (Fsp3) is 0.308. The van der Waals surface area contributed by atoms with Crippen molar-refractivity contribution in [3.05, 3.63) is 78.3 Å². The maximum absolute atomic E-state index is 12.7. The van der Waals surface area contributed by atoms with Crippen LogP contribution in [0.3, 0.4) is 0 Å². The normalized spacial score (nSPS) is 15.2. The molecule has 3 aromatic rings. The maximum Gasteiger partial charge on any atom is 0.416 e. The van der Waals surface area contributed by atoms with Crippen LogP contribution in [0.5, 0.6) is 5.75 Å². The van der Waals surface area contributed by atoms with Gasteiger partial charge in [0.25, 0.3) is 0 Å². The van der Waals surface area contributed by atoms with Crippen molar-refractivity contribution in [1.82, 2.24) is 10.2 Å². The summed E-state index contributed by atoms with van der Waals surface area (Å²) in [5.74, 6) is -0.421. The number of benzene rings is 2. The van der Waals surface area contributed by atoms with Crippen molar-refractivity contribution in [2.45, 2.75) is 12.2 Å². The Bertz CT molecular complexity index is 1170. The second-order valence-corrected chi connectivity index (χ2v) is 8.49. The van der Waals surface area contributed by atoms with E-state index in [1.807, 2.05) is 30.3 Å². The third kappa shape index (κ3) is 6.62. The van der Waals surface area contributed by atoms with Crippen molar-refractivity contribution < 1.29 is 31.9 Å². The highest BCUT2D eigenvalue weighted by atomic mass is 19.4. The average Bonchev–Trinajstić information content (AvgIpc) is 3.43. The maximum atomic E-state index is 12.7. The van der Waals surface area contributed by atoms with Crippen molar-refractivity contribution in [2.24, 2.45) is 0 Å². The SMILES string of the molecule is COc1ccc(N2CCN(C(CNC(=O)C(=O)Nc3ccc(C(F)(F)F)cc3)c3ccco3)CC2)cc1. The molecule has 2 N–H and O–H groups in total. The van der Waals surface area contributed by atoms with E-state index in [4.69, 9.17) is 9.15 Å². The number of piperazine rings is 1. The van der Waals surface area contributed by atoms with Crippen LogP contribution in [0, 0.1) is 0 Å². The van der Waals surface area contributed by atoms with E-state index in [-0.39, 0.29) is 18.3 Å². The van der Waals surface area contributed by atoms with Gasteiger partial charge in [-0.15, -0.1) is 0 Å². The number of carbonyl (C=O) groups is 2. The lowest BCUT2D eigenvalue weighted by Gasteiger charge is -2.39. The van der Waals surface area contributed by atoms with Gasteiger partial charge in [-0.2, -0.15) is 13.2 Å². The molecule has 0 aliphatic carbocycles. The number of amides is 2. The standard InChI is InChI=1S/C26H27F3N4O4/c1-36-21-10-8-20(9-11-21)32-12-14-33(15-13-32)22(23-3-2-16-37-23)17-30-24(34)25(35)31-19-6-4-18(5-7-19)26(27,28)29/h2-11,16,22H,12-15,17H2,1H3,(H,30,34)(H,31,35). The predicted octanol–water partition coefficient (Wildman–Crippen LogP) is 3.93. The van der Waals surface area contributed by atoms with Crippen LogP contribution in [0.15, 0.2) is 71.3 Å². The zero-order valence-electron chi connectivity index (χ0n) is 20.1. The first kappa shape index (κ1) is 26.1. The molecule has 196 valence electrons. The van der Waals surface area contributed by atoms with E-state index in [0.29, 0.717) is 18.8 Å². The summed E-state index contributed by atoms with van der Waals surface area (Å²) in [7, 11) is 1.62. The van der Waals surface area contributed by atoms with Gasteiger partial charge >= 0.3 is 18.0 Å². The van der Waals surface area contributed by atoms with Gasteiger partial charge in [-0.25, -0.2) is 0 Å².